The molecule has 1 aliphatic heterocycles. The second-order valence-corrected chi connectivity index (χ2v) is 6.85. The number of carboxylic acid groups (broad SMARTS) is 1. The van der Waals surface area contributed by atoms with Gasteiger partial charge in [0.05, 0.1) is 19.6 Å². The van der Waals surface area contributed by atoms with Gasteiger partial charge in [0.25, 0.3) is 0 Å². The number of ether oxygens (including phenoxy) is 1. The van der Waals surface area contributed by atoms with Crippen LogP contribution in [0.3, 0.4) is 0 Å². The summed E-state index contributed by atoms with van der Waals surface area (Å²) < 4.78 is 5.19. The fourth-order valence-corrected chi connectivity index (χ4v) is 3.84. The topological polar surface area (TPSA) is 78.9 Å². The van der Waals surface area contributed by atoms with Crippen molar-refractivity contribution < 1.29 is 19.4 Å². The Bertz CT molecular complexity index is 602. The van der Waals surface area contributed by atoms with Crippen LogP contribution in [0.25, 0.3) is 0 Å². The minimum atomic E-state index is -0.799. The van der Waals surface area contributed by atoms with E-state index in [1.54, 1.807) is 7.11 Å². The molecule has 1 amide bonds. The lowest BCUT2D eigenvalue weighted by atomic mass is 9.84. The van der Waals surface area contributed by atoms with Crippen molar-refractivity contribution in [1.82, 2.24) is 10.2 Å². The van der Waals surface area contributed by atoms with Gasteiger partial charge in [-0.2, -0.15) is 0 Å². The number of hydrogen-bond donors (Lipinski definition) is 2. The summed E-state index contributed by atoms with van der Waals surface area (Å²) in [5, 5.41) is 12.7. The van der Waals surface area contributed by atoms with Crippen LogP contribution in [-0.4, -0.2) is 54.7 Å². The highest BCUT2D eigenvalue weighted by Crippen LogP contribution is 2.39. The monoisotopic (exact) mass is 362 g/mol. The zero-order valence-electron chi connectivity index (χ0n) is 15.9. The second-order valence-electron chi connectivity index (χ2n) is 6.85. The number of carboxylic acids is 1. The molecule has 0 aliphatic carbocycles. The van der Waals surface area contributed by atoms with Crippen molar-refractivity contribution in [1.29, 1.82) is 0 Å². The number of amides is 1. The first-order valence-corrected chi connectivity index (χ1v) is 9.39. The molecule has 2 rings (SSSR count). The molecule has 144 valence electrons. The van der Waals surface area contributed by atoms with Crippen LogP contribution < -0.4 is 10.1 Å². The van der Waals surface area contributed by atoms with E-state index in [9.17, 15) is 14.7 Å². The molecule has 3 atom stereocenters. The molecule has 0 aromatic heterocycles. The van der Waals surface area contributed by atoms with Crippen LogP contribution >= 0.6 is 0 Å². The Kier molecular flexibility index (Phi) is 7.45. The van der Waals surface area contributed by atoms with E-state index in [-0.39, 0.29) is 24.4 Å². The molecule has 1 aromatic carbocycles. The van der Waals surface area contributed by atoms with Gasteiger partial charge in [0.15, 0.2) is 0 Å². The molecule has 2 N–H and O–H groups in total. The Labute approximate surface area is 155 Å². The standard InChI is InChI=1S/C20H30N2O4/c1-4-6-11-21-18(23)13-22-12-16(19(20(24)25)17(22)5-2)14-7-9-15(26-3)10-8-14/h7-10,16-17,19H,4-6,11-13H2,1-3H3,(H,21,23)(H,24,25)/t16-,17+,19-/m1/s1. The lowest BCUT2D eigenvalue weighted by Crippen LogP contribution is -2.42. The number of rotatable bonds is 9. The molecule has 6 heteroatoms. The van der Waals surface area contributed by atoms with Crippen molar-refractivity contribution in [3.8, 4) is 5.75 Å². The molecule has 6 nitrogen and oxygen atoms in total. The Morgan fingerprint density at radius 1 is 1.27 bits per heavy atom. The molecule has 1 heterocycles. The SMILES string of the molecule is CCCCNC(=O)CN1C[C@H](c2ccc(OC)cc2)[C@@H](C(=O)O)[C@@H]1CC. The third-order valence-corrected chi connectivity index (χ3v) is 5.19. The van der Waals surface area contributed by atoms with Gasteiger partial charge in [0, 0.05) is 25.0 Å². The van der Waals surface area contributed by atoms with Crippen molar-refractivity contribution in [2.24, 2.45) is 5.92 Å². The first kappa shape index (κ1) is 20.2. The van der Waals surface area contributed by atoms with Crippen LogP contribution in [0.5, 0.6) is 5.75 Å². The summed E-state index contributed by atoms with van der Waals surface area (Å²) in [6.07, 6.45) is 2.68. The zero-order valence-corrected chi connectivity index (χ0v) is 15.9. The lowest BCUT2D eigenvalue weighted by Gasteiger charge is -2.25. The van der Waals surface area contributed by atoms with Gasteiger partial charge in [-0.05, 0) is 30.5 Å². The Morgan fingerprint density at radius 2 is 1.96 bits per heavy atom. The number of nitrogens with one attached hydrogen (secondary N) is 1. The van der Waals surface area contributed by atoms with Gasteiger partial charge in [0.1, 0.15) is 5.75 Å². The summed E-state index contributed by atoms with van der Waals surface area (Å²) in [4.78, 5) is 26.2. The minimum Gasteiger partial charge on any atom is -0.497 e. The van der Waals surface area contributed by atoms with E-state index in [1.807, 2.05) is 36.1 Å². The molecule has 26 heavy (non-hydrogen) atoms. The lowest BCUT2D eigenvalue weighted by molar-refractivity contribution is -0.143. The summed E-state index contributed by atoms with van der Waals surface area (Å²) in [6, 6.07) is 7.43. The second kappa shape index (κ2) is 9.57. The van der Waals surface area contributed by atoms with Crippen molar-refractivity contribution in [3.63, 3.8) is 0 Å². The summed E-state index contributed by atoms with van der Waals surface area (Å²) >= 11 is 0. The van der Waals surface area contributed by atoms with Gasteiger partial charge < -0.3 is 15.2 Å². The maximum atomic E-state index is 12.2. The molecule has 1 aromatic rings. The fourth-order valence-electron chi connectivity index (χ4n) is 3.84. The van der Waals surface area contributed by atoms with Crippen molar-refractivity contribution in [2.45, 2.75) is 45.1 Å². The maximum absolute atomic E-state index is 12.2. The van der Waals surface area contributed by atoms with Crippen LogP contribution in [0, 0.1) is 5.92 Å². The zero-order chi connectivity index (χ0) is 19.1. The van der Waals surface area contributed by atoms with E-state index < -0.39 is 11.9 Å². The minimum absolute atomic E-state index is 0.0311. The highest BCUT2D eigenvalue weighted by Gasteiger charge is 2.46. The van der Waals surface area contributed by atoms with E-state index in [0.717, 1.165) is 24.2 Å². The van der Waals surface area contributed by atoms with E-state index >= 15 is 0 Å². The molecule has 1 saturated heterocycles. The Morgan fingerprint density at radius 3 is 2.50 bits per heavy atom. The number of carbonyl (C=O) groups is 2. The van der Waals surface area contributed by atoms with Crippen LogP contribution in [0.4, 0.5) is 0 Å². The third-order valence-electron chi connectivity index (χ3n) is 5.19. The molecule has 0 spiro atoms. The van der Waals surface area contributed by atoms with Crippen LogP contribution in [0.2, 0.25) is 0 Å². The maximum Gasteiger partial charge on any atom is 0.308 e. The Hall–Kier alpha value is -2.08. The molecule has 0 radical (unpaired) electrons. The number of unbranched alkanes of at least 4 members (excludes halogenated alkanes) is 1. The summed E-state index contributed by atoms with van der Waals surface area (Å²) in [7, 11) is 1.61. The van der Waals surface area contributed by atoms with Gasteiger partial charge in [-0.15, -0.1) is 0 Å². The number of nitrogens with zero attached hydrogens (tertiary/aromatic N) is 1. The normalized spacial score (nSPS) is 23.0. The molecule has 1 fully saturated rings. The number of methoxy groups -OCH3 is 1. The van der Waals surface area contributed by atoms with Gasteiger partial charge in [-0.25, -0.2) is 0 Å². The molecular weight excluding hydrogens is 332 g/mol. The van der Waals surface area contributed by atoms with E-state index in [2.05, 4.69) is 12.2 Å². The first-order chi connectivity index (χ1) is 12.5. The van der Waals surface area contributed by atoms with E-state index in [0.29, 0.717) is 19.5 Å². The number of carbonyl (C=O) groups excluding carboxylic acids is 1. The molecule has 0 unspecified atom stereocenters. The van der Waals surface area contributed by atoms with Gasteiger partial charge >= 0.3 is 5.97 Å². The van der Waals surface area contributed by atoms with Gasteiger partial charge in [-0.3, -0.25) is 14.5 Å². The third kappa shape index (κ3) is 4.75. The van der Waals surface area contributed by atoms with Gasteiger partial charge in [-0.1, -0.05) is 32.4 Å². The first-order valence-electron chi connectivity index (χ1n) is 9.39. The number of hydrogen-bond acceptors (Lipinski definition) is 4. The summed E-state index contributed by atoms with van der Waals surface area (Å²) in [5.74, 6) is -0.732. The van der Waals surface area contributed by atoms with Crippen molar-refractivity contribution in [3.05, 3.63) is 29.8 Å². The van der Waals surface area contributed by atoms with E-state index in [1.165, 1.54) is 0 Å². The molecule has 1 aliphatic rings. The van der Waals surface area contributed by atoms with E-state index in [4.69, 9.17) is 4.74 Å². The predicted molar refractivity (Wildman–Crippen MR) is 100 cm³/mol. The van der Waals surface area contributed by atoms with Crippen LogP contribution in [0.1, 0.15) is 44.6 Å². The number of aliphatic carboxylic acids is 1. The smallest absolute Gasteiger partial charge is 0.308 e. The summed E-state index contributed by atoms with van der Waals surface area (Å²) in [6.45, 7) is 5.56. The highest BCUT2D eigenvalue weighted by atomic mass is 16.5. The summed E-state index contributed by atoms with van der Waals surface area (Å²) in [5.41, 5.74) is 0.977. The van der Waals surface area contributed by atoms with Crippen LogP contribution in [-0.2, 0) is 9.59 Å². The van der Waals surface area contributed by atoms with Crippen molar-refractivity contribution in [2.75, 3.05) is 26.7 Å². The number of likely N-dealkylation sites (tertiary alicyclic amines) is 1. The predicted octanol–water partition coefficient (Wildman–Crippen LogP) is 2.49. The highest BCUT2D eigenvalue weighted by molar-refractivity contribution is 5.79. The molecular formula is C20H30N2O4. The molecule has 0 bridgehead atoms. The van der Waals surface area contributed by atoms with Crippen LogP contribution in [0.15, 0.2) is 24.3 Å². The largest absolute Gasteiger partial charge is 0.497 e. The van der Waals surface area contributed by atoms with Gasteiger partial charge in [0.2, 0.25) is 5.91 Å². The number of benzene rings is 1. The quantitative estimate of drug-likeness (QED) is 0.660. The Balaban J connectivity index is 2.15. The average molecular weight is 362 g/mol. The fraction of sp³-hybridized carbons (Fsp3) is 0.600. The molecule has 0 saturated carbocycles. The van der Waals surface area contributed by atoms with Crippen molar-refractivity contribution >= 4 is 11.9 Å². The average Bonchev–Trinajstić information content (AvgIpc) is 3.00.